The first-order valence-electron chi connectivity index (χ1n) is 6.74. The number of benzene rings is 2. The number of sulfone groups is 1. The average molecular weight is 332 g/mol. The van der Waals surface area contributed by atoms with Gasteiger partial charge in [0.05, 0.1) is 4.90 Å². The Morgan fingerprint density at radius 1 is 0.957 bits per heavy atom. The molecule has 0 aromatic heterocycles. The molecule has 0 atom stereocenters. The summed E-state index contributed by atoms with van der Waals surface area (Å²) >= 11 is 0. The summed E-state index contributed by atoms with van der Waals surface area (Å²) in [5, 5.41) is 2.72. The Morgan fingerprint density at radius 2 is 1.48 bits per heavy atom. The first-order chi connectivity index (χ1) is 10.8. The van der Waals surface area contributed by atoms with Gasteiger partial charge in [-0.05, 0) is 42.0 Å². The number of rotatable bonds is 5. The normalized spacial score (nSPS) is 11.0. The molecule has 0 aliphatic carbocycles. The number of hydrogen-bond donors (Lipinski definition) is 2. The van der Waals surface area contributed by atoms with Gasteiger partial charge in [0, 0.05) is 23.9 Å². The molecule has 2 aromatic carbocycles. The monoisotopic (exact) mass is 332 g/mol. The highest BCUT2D eigenvalue weighted by atomic mass is 32.2. The molecule has 0 aliphatic heterocycles. The van der Waals surface area contributed by atoms with Gasteiger partial charge in [-0.25, -0.2) is 8.42 Å². The van der Waals surface area contributed by atoms with Crippen LogP contribution in [0.25, 0.3) is 0 Å². The van der Waals surface area contributed by atoms with Crippen molar-refractivity contribution in [1.82, 2.24) is 5.32 Å². The third-order valence-electron chi connectivity index (χ3n) is 3.24. The minimum absolute atomic E-state index is 0.231. The maximum absolute atomic E-state index is 12.0. The second-order valence-corrected chi connectivity index (χ2v) is 7.06. The third kappa shape index (κ3) is 4.40. The Kier molecular flexibility index (Phi) is 4.80. The van der Waals surface area contributed by atoms with Crippen molar-refractivity contribution in [3.05, 3.63) is 65.2 Å². The first-order valence-corrected chi connectivity index (χ1v) is 8.63. The lowest BCUT2D eigenvalue weighted by atomic mass is 10.1. The predicted octanol–water partition coefficient (Wildman–Crippen LogP) is 1.12. The second kappa shape index (κ2) is 6.62. The summed E-state index contributed by atoms with van der Waals surface area (Å²) in [6, 6.07) is 12.3. The van der Waals surface area contributed by atoms with Crippen molar-refractivity contribution < 1.29 is 18.0 Å². The molecule has 7 heteroatoms. The zero-order valence-electron chi connectivity index (χ0n) is 12.4. The summed E-state index contributed by atoms with van der Waals surface area (Å²) < 4.78 is 22.7. The van der Waals surface area contributed by atoms with Gasteiger partial charge >= 0.3 is 0 Å². The molecule has 23 heavy (non-hydrogen) atoms. The molecule has 0 bridgehead atoms. The molecule has 0 heterocycles. The van der Waals surface area contributed by atoms with E-state index in [0.717, 1.165) is 11.8 Å². The minimum atomic E-state index is -3.23. The molecule has 0 saturated carbocycles. The Morgan fingerprint density at radius 3 is 1.96 bits per heavy atom. The van der Waals surface area contributed by atoms with Crippen LogP contribution in [-0.4, -0.2) is 26.5 Å². The smallest absolute Gasteiger partial charge is 0.251 e. The van der Waals surface area contributed by atoms with Crippen LogP contribution in [0.4, 0.5) is 0 Å². The van der Waals surface area contributed by atoms with Crippen molar-refractivity contribution in [2.45, 2.75) is 11.4 Å². The quantitative estimate of drug-likeness (QED) is 0.855. The predicted molar refractivity (Wildman–Crippen MR) is 85.7 cm³/mol. The lowest BCUT2D eigenvalue weighted by molar-refractivity contribution is 0.0948. The van der Waals surface area contributed by atoms with Crippen molar-refractivity contribution >= 4 is 21.7 Å². The number of primary amides is 1. The number of nitrogens with two attached hydrogens (primary N) is 1. The van der Waals surface area contributed by atoms with E-state index in [-0.39, 0.29) is 17.3 Å². The molecule has 0 spiro atoms. The molecule has 120 valence electrons. The van der Waals surface area contributed by atoms with E-state index >= 15 is 0 Å². The van der Waals surface area contributed by atoms with E-state index in [2.05, 4.69) is 5.32 Å². The van der Waals surface area contributed by atoms with Gasteiger partial charge in [-0.3, -0.25) is 9.59 Å². The van der Waals surface area contributed by atoms with Crippen molar-refractivity contribution in [2.24, 2.45) is 5.73 Å². The number of carbonyl (C=O) groups is 2. The molecule has 0 aliphatic rings. The van der Waals surface area contributed by atoms with Gasteiger partial charge < -0.3 is 11.1 Å². The van der Waals surface area contributed by atoms with Gasteiger partial charge in [-0.15, -0.1) is 0 Å². The largest absolute Gasteiger partial charge is 0.366 e. The maximum Gasteiger partial charge on any atom is 0.251 e. The van der Waals surface area contributed by atoms with E-state index in [9.17, 15) is 18.0 Å². The van der Waals surface area contributed by atoms with Crippen molar-refractivity contribution in [2.75, 3.05) is 6.26 Å². The fourth-order valence-electron chi connectivity index (χ4n) is 1.92. The Labute approximate surface area is 134 Å². The highest BCUT2D eigenvalue weighted by molar-refractivity contribution is 7.90. The fourth-order valence-corrected chi connectivity index (χ4v) is 2.56. The average Bonchev–Trinajstić information content (AvgIpc) is 2.52. The summed E-state index contributed by atoms with van der Waals surface area (Å²) in [6.45, 7) is 0.264. The molecular weight excluding hydrogens is 316 g/mol. The molecule has 2 rings (SSSR count). The van der Waals surface area contributed by atoms with Crippen LogP contribution in [0.3, 0.4) is 0 Å². The van der Waals surface area contributed by atoms with Gasteiger partial charge in [0.1, 0.15) is 0 Å². The highest BCUT2D eigenvalue weighted by Crippen LogP contribution is 2.10. The summed E-state index contributed by atoms with van der Waals surface area (Å²) in [5.41, 5.74) is 6.65. The molecule has 2 aromatic rings. The van der Waals surface area contributed by atoms with Crippen LogP contribution in [0.1, 0.15) is 26.3 Å². The zero-order valence-corrected chi connectivity index (χ0v) is 13.3. The van der Waals surface area contributed by atoms with E-state index in [0.29, 0.717) is 11.1 Å². The molecule has 0 fully saturated rings. The summed E-state index contributed by atoms with van der Waals surface area (Å²) in [6.07, 6.45) is 1.14. The van der Waals surface area contributed by atoms with E-state index in [1.54, 1.807) is 12.1 Å². The Balaban J connectivity index is 2.00. The van der Waals surface area contributed by atoms with E-state index in [1.807, 2.05) is 0 Å². The lowest BCUT2D eigenvalue weighted by Gasteiger charge is -2.07. The van der Waals surface area contributed by atoms with Crippen LogP contribution >= 0.6 is 0 Å². The first kappa shape index (κ1) is 16.7. The van der Waals surface area contributed by atoms with Gasteiger partial charge in [0.25, 0.3) is 5.91 Å². The third-order valence-corrected chi connectivity index (χ3v) is 4.36. The minimum Gasteiger partial charge on any atom is -0.366 e. The Hall–Kier alpha value is -2.67. The number of hydrogen-bond acceptors (Lipinski definition) is 4. The van der Waals surface area contributed by atoms with Crippen LogP contribution in [0.15, 0.2) is 53.4 Å². The number of nitrogens with one attached hydrogen (secondary N) is 1. The number of amides is 2. The second-order valence-electron chi connectivity index (χ2n) is 5.04. The van der Waals surface area contributed by atoms with E-state index in [1.165, 1.54) is 36.4 Å². The molecular formula is C16H16N2O4S. The topological polar surface area (TPSA) is 106 Å². The molecule has 0 unspecified atom stereocenters. The van der Waals surface area contributed by atoms with Crippen LogP contribution in [0.5, 0.6) is 0 Å². The van der Waals surface area contributed by atoms with Crippen molar-refractivity contribution in [1.29, 1.82) is 0 Å². The molecule has 3 N–H and O–H groups in total. The molecule has 0 saturated heterocycles. The molecule has 2 amide bonds. The maximum atomic E-state index is 12.0. The zero-order chi connectivity index (χ0) is 17.0. The highest BCUT2D eigenvalue weighted by Gasteiger charge is 2.08. The van der Waals surface area contributed by atoms with Crippen LogP contribution in [-0.2, 0) is 16.4 Å². The number of carbonyl (C=O) groups excluding carboxylic acids is 2. The summed E-state index contributed by atoms with van der Waals surface area (Å²) in [4.78, 5) is 23.2. The van der Waals surface area contributed by atoms with Gasteiger partial charge in [0.2, 0.25) is 5.91 Å². The van der Waals surface area contributed by atoms with Crippen LogP contribution in [0, 0.1) is 0 Å². The standard InChI is InChI=1S/C16H16N2O4S/c1-23(21,22)14-8-2-11(3-9-14)10-18-16(20)13-6-4-12(5-7-13)15(17)19/h2-9H,10H2,1H3,(H2,17,19)(H,18,20). The van der Waals surface area contributed by atoms with Gasteiger partial charge in [-0.2, -0.15) is 0 Å². The van der Waals surface area contributed by atoms with E-state index in [4.69, 9.17) is 5.73 Å². The molecule has 6 nitrogen and oxygen atoms in total. The lowest BCUT2D eigenvalue weighted by Crippen LogP contribution is -2.23. The van der Waals surface area contributed by atoms with Gasteiger partial charge in [0.15, 0.2) is 9.84 Å². The van der Waals surface area contributed by atoms with E-state index < -0.39 is 15.7 Å². The Bertz CT molecular complexity index is 825. The SMILES string of the molecule is CS(=O)(=O)c1ccc(CNC(=O)c2ccc(C(N)=O)cc2)cc1. The molecule has 0 radical (unpaired) electrons. The summed E-state index contributed by atoms with van der Waals surface area (Å²) in [7, 11) is -3.23. The van der Waals surface area contributed by atoms with Crippen LogP contribution in [0.2, 0.25) is 0 Å². The van der Waals surface area contributed by atoms with Crippen LogP contribution < -0.4 is 11.1 Å². The van der Waals surface area contributed by atoms with Crippen molar-refractivity contribution in [3.8, 4) is 0 Å². The summed E-state index contributed by atoms with van der Waals surface area (Å²) in [5.74, 6) is -0.851. The fraction of sp³-hybridized carbons (Fsp3) is 0.125. The van der Waals surface area contributed by atoms with Gasteiger partial charge in [-0.1, -0.05) is 12.1 Å². The van der Waals surface area contributed by atoms with Crippen molar-refractivity contribution in [3.63, 3.8) is 0 Å².